The topological polar surface area (TPSA) is 141 Å². The summed E-state index contributed by atoms with van der Waals surface area (Å²) in [7, 11) is -3.88. The molecule has 4 rings (SSSR count). The van der Waals surface area contributed by atoms with Gasteiger partial charge in [0.25, 0.3) is 10.0 Å². The average Bonchev–Trinajstić information content (AvgIpc) is 3.28. The zero-order valence-corrected chi connectivity index (χ0v) is 17.7. The first kappa shape index (κ1) is 21.0. The molecule has 1 saturated carbocycles. The van der Waals surface area contributed by atoms with Crippen LogP contribution in [-0.4, -0.2) is 30.3 Å². The molecule has 0 aliphatic heterocycles. The summed E-state index contributed by atoms with van der Waals surface area (Å²) >= 11 is 0. The summed E-state index contributed by atoms with van der Waals surface area (Å²) in [5.41, 5.74) is 1.01. The van der Waals surface area contributed by atoms with Gasteiger partial charge < -0.3 is 15.2 Å². The monoisotopic (exact) mass is 441 g/mol. The first-order chi connectivity index (χ1) is 14.6. The molecule has 10 heteroatoms. The Kier molecular flexibility index (Phi) is 5.26. The van der Waals surface area contributed by atoms with Crippen LogP contribution in [0.15, 0.2) is 47.4 Å². The number of amides is 1. The van der Waals surface area contributed by atoms with Gasteiger partial charge in [0.05, 0.1) is 10.8 Å². The summed E-state index contributed by atoms with van der Waals surface area (Å²) in [6, 6.07) is 7.15. The largest absolute Gasteiger partial charge is 0.550 e. The Morgan fingerprint density at radius 2 is 1.68 bits per heavy atom. The number of allylic oxidation sites excluding steroid dienone is 2. The molecule has 1 amide bonds. The van der Waals surface area contributed by atoms with Gasteiger partial charge in [0, 0.05) is 29.3 Å². The van der Waals surface area contributed by atoms with Crippen LogP contribution < -0.4 is 15.1 Å². The quantitative estimate of drug-likeness (QED) is 0.638. The molecule has 1 aromatic heterocycles. The highest BCUT2D eigenvalue weighted by Gasteiger charge is 2.48. The van der Waals surface area contributed by atoms with E-state index in [1.807, 2.05) is 12.2 Å². The third-order valence-corrected chi connectivity index (χ3v) is 7.04. The van der Waals surface area contributed by atoms with Crippen molar-refractivity contribution in [3.63, 3.8) is 0 Å². The number of hydrogen-bond donors (Lipinski definition) is 2. The highest BCUT2D eigenvalue weighted by molar-refractivity contribution is 7.92. The van der Waals surface area contributed by atoms with E-state index in [1.165, 1.54) is 30.3 Å². The third kappa shape index (κ3) is 4.15. The molecule has 162 valence electrons. The van der Waals surface area contributed by atoms with Gasteiger partial charge in [-0.3, -0.25) is 9.52 Å². The summed E-state index contributed by atoms with van der Waals surface area (Å²) in [6.07, 6.45) is 4.34. The number of aromatic nitrogens is 2. The van der Waals surface area contributed by atoms with Gasteiger partial charge in [-0.1, -0.05) is 12.2 Å². The van der Waals surface area contributed by atoms with Crippen LogP contribution in [-0.2, 0) is 19.6 Å². The van der Waals surface area contributed by atoms with Gasteiger partial charge in [0.2, 0.25) is 5.91 Å². The molecule has 31 heavy (non-hydrogen) atoms. The van der Waals surface area contributed by atoms with Crippen LogP contribution in [0.3, 0.4) is 0 Å². The van der Waals surface area contributed by atoms with Crippen molar-refractivity contribution in [1.82, 2.24) is 9.97 Å². The predicted molar refractivity (Wildman–Crippen MR) is 110 cm³/mol. The summed E-state index contributed by atoms with van der Waals surface area (Å²) in [5.74, 6) is -2.88. The number of sulfonamides is 1. The van der Waals surface area contributed by atoms with Gasteiger partial charge in [-0.25, -0.2) is 18.4 Å². The number of carbonyl (C=O) groups excluding carboxylic acids is 2. The van der Waals surface area contributed by atoms with Crippen molar-refractivity contribution in [1.29, 1.82) is 0 Å². The van der Waals surface area contributed by atoms with Gasteiger partial charge in [-0.2, -0.15) is 0 Å². The molecular formula is C21H21N4O5S-. The van der Waals surface area contributed by atoms with Crippen molar-refractivity contribution in [2.45, 2.75) is 25.2 Å². The lowest BCUT2D eigenvalue weighted by atomic mass is 9.82. The SMILES string of the molecule is Cc1cc(NS(=O)(=O)c2ccc(NC(=O)[C@@H]3[C@@H](C(=O)[O-])[C@H]4C=C[C@@H]3C4)cc2)nc(C)n1. The Bertz CT molecular complexity index is 1160. The fraction of sp³-hybridized carbons (Fsp3) is 0.333. The Morgan fingerprint density at radius 1 is 1.03 bits per heavy atom. The van der Waals surface area contributed by atoms with Crippen LogP contribution in [0.4, 0.5) is 11.5 Å². The lowest BCUT2D eigenvalue weighted by molar-refractivity contribution is -0.313. The fourth-order valence-corrected chi connectivity index (χ4v) is 5.40. The van der Waals surface area contributed by atoms with E-state index in [1.54, 1.807) is 13.8 Å². The van der Waals surface area contributed by atoms with Crippen LogP contribution in [0.25, 0.3) is 0 Å². The minimum atomic E-state index is -3.88. The molecule has 0 unspecified atom stereocenters. The lowest BCUT2D eigenvalue weighted by Crippen LogP contribution is -2.42. The molecule has 2 aliphatic carbocycles. The van der Waals surface area contributed by atoms with Crippen LogP contribution in [0.5, 0.6) is 0 Å². The van der Waals surface area contributed by atoms with E-state index in [0.717, 1.165) is 0 Å². The standard InChI is InChI=1S/C21H22N4O5S/c1-11-9-17(23-12(2)22-11)25-31(29,30)16-7-5-15(6-8-16)24-20(26)18-13-3-4-14(10-13)19(18)21(27)28/h3-9,13-14,18-19H,10H2,1-2H3,(H,24,26)(H,27,28)(H,22,23,25)/p-1/t13-,14+,18+,19+/m1/s1. The van der Waals surface area contributed by atoms with Crippen LogP contribution in [0.1, 0.15) is 17.9 Å². The zero-order valence-electron chi connectivity index (χ0n) is 16.9. The molecule has 0 spiro atoms. The van der Waals surface area contributed by atoms with E-state index in [4.69, 9.17) is 0 Å². The predicted octanol–water partition coefficient (Wildman–Crippen LogP) is 1.02. The number of anilines is 2. The molecular weight excluding hydrogens is 420 g/mol. The van der Waals surface area contributed by atoms with Gasteiger partial charge in [-0.15, -0.1) is 0 Å². The number of aliphatic carboxylic acids is 1. The zero-order chi connectivity index (χ0) is 22.3. The third-order valence-electron chi connectivity index (χ3n) is 5.67. The maximum atomic E-state index is 12.7. The van der Waals surface area contributed by atoms with Crippen molar-refractivity contribution < 1.29 is 23.1 Å². The molecule has 2 aromatic rings. The van der Waals surface area contributed by atoms with Crippen molar-refractivity contribution in [3.8, 4) is 0 Å². The van der Waals surface area contributed by atoms with Gasteiger partial charge >= 0.3 is 0 Å². The molecule has 1 aromatic carbocycles. The van der Waals surface area contributed by atoms with Crippen LogP contribution >= 0.6 is 0 Å². The molecule has 0 radical (unpaired) electrons. The number of benzene rings is 1. The average molecular weight is 441 g/mol. The highest BCUT2D eigenvalue weighted by atomic mass is 32.2. The molecule has 4 atom stereocenters. The number of fused-ring (bicyclic) bond motifs is 2. The number of nitrogens with one attached hydrogen (secondary N) is 2. The Balaban J connectivity index is 1.47. The van der Waals surface area contributed by atoms with E-state index in [-0.39, 0.29) is 22.5 Å². The van der Waals surface area contributed by atoms with Crippen LogP contribution in [0, 0.1) is 37.5 Å². The van der Waals surface area contributed by atoms with Gasteiger partial charge in [0.1, 0.15) is 11.6 Å². The smallest absolute Gasteiger partial charge is 0.263 e. The van der Waals surface area contributed by atoms with E-state index >= 15 is 0 Å². The van der Waals surface area contributed by atoms with Crippen LogP contribution in [0.2, 0.25) is 0 Å². The first-order valence-corrected chi connectivity index (χ1v) is 11.3. The second kappa shape index (κ2) is 7.77. The van der Waals surface area contributed by atoms with E-state index in [0.29, 0.717) is 23.6 Å². The number of rotatable bonds is 6. The molecule has 1 heterocycles. The number of nitrogens with zero attached hydrogens (tertiary/aromatic N) is 2. The summed E-state index contributed by atoms with van der Waals surface area (Å²) in [5, 5.41) is 14.2. The van der Waals surface area contributed by atoms with E-state index in [9.17, 15) is 23.1 Å². The maximum absolute atomic E-state index is 12.7. The second-order valence-corrected chi connectivity index (χ2v) is 9.56. The second-order valence-electron chi connectivity index (χ2n) is 7.88. The first-order valence-electron chi connectivity index (χ1n) is 9.79. The molecule has 9 nitrogen and oxygen atoms in total. The molecule has 2 aliphatic rings. The van der Waals surface area contributed by atoms with Gasteiger partial charge in [-0.05, 0) is 56.4 Å². The maximum Gasteiger partial charge on any atom is 0.263 e. The summed E-state index contributed by atoms with van der Waals surface area (Å²) in [4.78, 5) is 32.4. The van der Waals surface area contributed by atoms with Crippen molar-refractivity contribution in [3.05, 3.63) is 54.0 Å². The Morgan fingerprint density at radius 3 is 2.29 bits per heavy atom. The van der Waals surface area contributed by atoms with Crippen molar-refractivity contribution in [2.24, 2.45) is 23.7 Å². The fourth-order valence-electron chi connectivity index (χ4n) is 4.41. The Labute approximate surface area is 179 Å². The van der Waals surface area contributed by atoms with Gasteiger partial charge in [0.15, 0.2) is 0 Å². The summed E-state index contributed by atoms with van der Waals surface area (Å²) in [6.45, 7) is 3.40. The molecule has 0 saturated heterocycles. The highest BCUT2D eigenvalue weighted by Crippen LogP contribution is 2.48. The van der Waals surface area contributed by atoms with E-state index in [2.05, 4.69) is 20.0 Å². The number of carbonyl (C=O) groups is 2. The number of aryl methyl sites for hydroxylation is 2. The molecule has 1 fully saturated rings. The molecule has 2 N–H and O–H groups in total. The normalized spacial score (nSPS) is 24.2. The van der Waals surface area contributed by atoms with Crippen molar-refractivity contribution >= 4 is 33.4 Å². The number of hydrogen-bond acceptors (Lipinski definition) is 7. The van der Waals surface area contributed by atoms with E-state index < -0.39 is 33.7 Å². The lowest BCUT2D eigenvalue weighted by Gasteiger charge is -2.27. The summed E-state index contributed by atoms with van der Waals surface area (Å²) < 4.78 is 27.7. The van der Waals surface area contributed by atoms with Crippen molar-refractivity contribution in [2.75, 3.05) is 10.0 Å². The minimum Gasteiger partial charge on any atom is -0.550 e. The Hall–Kier alpha value is -3.27. The minimum absolute atomic E-state index is 0.00473. The number of carboxylic acids is 1. The number of carboxylic acid groups (broad SMARTS) is 1. The molecule has 2 bridgehead atoms.